The van der Waals surface area contributed by atoms with E-state index in [1.54, 1.807) is 11.8 Å². The van der Waals surface area contributed by atoms with Crippen LogP contribution in [0.5, 0.6) is 0 Å². The van der Waals surface area contributed by atoms with Crippen molar-refractivity contribution >= 4 is 17.7 Å². The highest BCUT2D eigenvalue weighted by molar-refractivity contribution is 7.98. The smallest absolute Gasteiger partial charge is 0.320 e. The zero-order chi connectivity index (χ0) is 10.3. The van der Waals surface area contributed by atoms with E-state index < -0.39 is 0 Å². The molecule has 3 nitrogen and oxygen atoms in total. The fourth-order valence-corrected chi connectivity index (χ4v) is 1.09. The number of nitrogens with one attached hydrogen (secondary N) is 1. The molecule has 0 rings (SSSR count). The monoisotopic (exact) mass is 205 g/mol. The summed E-state index contributed by atoms with van der Waals surface area (Å²) in [5, 5.41) is 3.01. The minimum Gasteiger partial charge on any atom is -0.459 e. The fourth-order valence-electron chi connectivity index (χ4n) is 0.742. The molecule has 0 aliphatic heterocycles. The van der Waals surface area contributed by atoms with E-state index in [0.29, 0.717) is 6.54 Å². The molecule has 0 heterocycles. The Bertz CT molecular complexity index is 154. The second-order valence-corrected chi connectivity index (χ2v) is 4.74. The van der Waals surface area contributed by atoms with Crippen molar-refractivity contribution in [3.05, 3.63) is 0 Å². The van der Waals surface area contributed by atoms with Gasteiger partial charge in [0.05, 0.1) is 6.54 Å². The van der Waals surface area contributed by atoms with Crippen molar-refractivity contribution < 1.29 is 9.53 Å². The highest BCUT2D eigenvalue weighted by Gasteiger charge is 2.15. The summed E-state index contributed by atoms with van der Waals surface area (Å²) in [6, 6.07) is 0. The molecular weight excluding hydrogens is 186 g/mol. The van der Waals surface area contributed by atoms with Crippen LogP contribution in [-0.4, -0.2) is 36.7 Å². The lowest BCUT2D eigenvalue weighted by molar-refractivity contribution is -0.153. The first kappa shape index (κ1) is 12.8. The maximum Gasteiger partial charge on any atom is 0.320 e. The van der Waals surface area contributed by atoms with E-state index in [1.165, 1.54) is 0 Å². The Morgan fingerprint density at radius 3 is 2.54 bits per heavy atom. The number of hydrogen-bond acceptors (Lipinski definition) is 4. The Balaban J connectivity index is 3.41. The van der Waals surface area contributed by atoms with Crippen LogP contribution in [0.2, 0.25) is 0 Å². The van der Waals surface area contributed by atoms with Gasteiger partial charge in [-0.1, -0.05) is 0 Å². The Hall–Kier alpha value is -0.220. The van der Waals surface area contributed by atoms with Crippen molar-refractivity contribution in [3.8, 4) is 0 Å². The molecular formula is C9H19NO2S. The van der Waals surface area contributed by atoms with Gasteiger partial charge in [-0.3, -0.25) is 4.79 Å². The predicted octanol–water partition coefficient (Wildman–Crippen LogP) is 1.28. The summed E-state index contributed by atoms with van der Waals surface area (Å²) in [4.78, 5) is 11.1. The third kappa shape index (κ3) is 9.70. The van der Waals surface area contributed by atoms with Crippen molar-refractivity contribution in [1.29, 1.82) is 0 Å². The van der Waals surface area contributed by atoms with Gasteiger partial charge >= 0.3 is 5.97 Å². The summed E-state index contributed by atoms with van der Waals surface area (Å²) in [5.41, 5.74) is -0.377. The van der Waals surface area contributed by atoms with Gasteiger partial charge in [0.15, 0.2) is 0 Å². The van der Waals surface area contributed by atoms with Crippen molar-refractivity contribution in [2.45, 2.75) is 26.4 Å². The second kappa shape index (κ2) is 6.27. The van der Waals surface area contributed by atoms with Gasteiger partial charge in [0.2, 0.25) is 0 Å². The molecule has 1 N–H and O–H groups in total. The van der Waals surface area contributed by atoms with Crippen LogP contribution in [0.25, 0.3) is 0 Å². The van der Waals surface area contributed by atoms with E-state index in [9.17, 15) is 4.79 Å². The molecule has 0 bridgehead atoms. The SMILES string of the molecule is CSCCNCC(=O)OC(C)(C)C. The summed E-state index contributed by atoms with van der Waals surface area (Å²) in [6.45, 7) is 6.75. The molecule has 4 heteroatoms. The Kier molecular flexibility index (Phi) is 6.16. The fraction of sp³-hybridized carbons (Fsp3) is 0.889. The number of ether oxygens (including phenoxy) is 1. The summed E-state index contributed by atoms with van der Waals surface area (Å²) in [6.07, 6.45) is 2.04. The first-order valence-corrected chi connectivity index (χ1v) is 5.76. The minimum absolute atomic E-state index is 0.186. The number of rotatable bonds is 5. The highest BCUT2D eigenvalue weighted by Crippen LogP contribution is 2.05. The number of carbonyl (C=O) groups excluding carboxylic acids is 1. The van der Waals surface area contributed by atoms with E-state index in [-0.39, 0.29) is 11.6 Å². The number of thioether (sulfide) groups is 1. The molecule has 0 aliphatic carbocycles. The van der Waals surface area contributed by atoms with Gasteiger partial charge in [0.1, 0.15) is 5.60 Å². The molecule has 0 atom stereocenters. The van der Waals surface area contributed by atoms with Gasteiger partial charge < -0.3 is 10.1 Å². The zero-order valence-electron chi connectivity index (χ0n) is 8.85. The molecule has 0 aromatic heterocycles. The van der Waals surface area contributed by atoms with Crippen molar-refractivity contribution in [2.24, 2.45) is 0 Å². The van der Waals surface area contributed by atoms with Crippen molar-refractivity contribution in [2.75, 3.05) is 25.1 Å². The standard InChI is InChI=1S/C9H19NO2S/c1-9(2,3)12-8(11)7-10-5-6-13-4/h10H,5-7H2,1-4H3. The average molecular weight is 205 g/mol. The number of hydrogen-bond donors (Lipinski definition) is 1. The molecule has 0 amide bonds. The normalized spacial score (nSPS) is 11.4. The minimum atomic E-state index is -0.377. The summed E-state index contributed by atoms with van der Waals surface area (Å²) >= 11 is 1.75. The van der Waals surface area contributed by atoms with Crippen LogP contribution < -0.4 is 5.32 Å². The first-order chi connectivity index (χ1) is 5.95. The van der Waals surface area contributed by atoms with E-state index in [4.69, 9.17) is 4.74 Å². The lowest BCUT2D eigenvalue weighted by Crippen LogP contribution is -2.32. The van der Waals surface area contributed by atoms with E-state index in [1.807, 2.05) is 27.0 Å². The Labute approximate surface area is 84.6 Å². The van der Waals surface area contributed by atoms with Crippen LogP contribution >= 0.6 is 11.8 Å². The topological polar surface area (TPSA) is 38.3 Å². The Morgan fingerprint density at radius 2 is 2.08 bits per heavy atom. The maximum absolute atomic E-state index is 11.1. The summed E-state index contributed by atoms with van der Waals surface area (Å²) < 4.78 is 5.11. The largest absolute Gasteiger partial charge is 0.459 e. The van der Waals surface area contributed by atoms with Gasteiger partial charge in [-0.2, -0.15) is 11.8 Å². The van der Waals surface area contributed by atoms with Crippen molar-refractivity contribution in [3.63, 3.8) is 0 Å². The summed E-state index contributed by atoms with van der Waals surface area (Å²) in [5.74, 6) is 0.830. The molecule has 13 heavy (non-hydrogen) atoms. The zero-order valence-corrected chi connectivity index (χ0v) is 9.66. The van der Waals surface area contributed by atoms with Crippen LogP contribution in [0.3, 0.4) is 0 Å². The van der Waals surface area contributed by atoms with Crippen LogP contribution in [0.1, 0.15) is 20.8 Å². The third-order valence-electron chi connectivity index (χ3n) is 1.17. The highest BCUT2D eigenvalue weighted by atomic mass is 32.2. The molecule has 0 saturated heterocycles. The van der Waals surface area contributed by atoms with Crippen LogP contribution in [0, 0.1) is 0 Å². The van der Waals surface area contributed by atoms with Gasteiger partial charge in [-0.25, -0.2) is 0 Å². The van der Waals surface area contributed by atoms with Gasteiger partial charge in [-0.05, 0) is 27.0 Å². The molecule has 0 spiro atoms. The average Bonchev–Trinajstić information content (AvgIpc) is 1.94. The quantitative estimate of drug-likeness (QED) is 0.542. The molecule has 0 saturated carbocycles. The number of esters is 1. The molecule has 78 valence electrons. The van der Waals surface area contributed by atoms with Gasteiger partial charge in [0, 0.05) is 12.3 Å². The first-order valence-electron chi connectivity index (χ1n) is 4.37. The molecule has 0 unspecified atom stereocenters. The third-order valence-corrected chi connectivity index (χ3v) is 1.78. The maximum atomic E-state index is 11.1. The van der Waals surface area contributed by atoms with Crippen LogP contribution in [-0.2, 0) is 9.53 Å². The molecule has 0 aromatic rings. The van der Waals surface area contributed by atoms with Crippen molar-refractivity contribution in [1.82, 2.24) is 5.32 Å². The lowest BCUT2D eigenvalue weighted by atomic mass is 10.2. The van der Waals surface area contributed by atoms with Crippen LogP contribution in [0.4, 0.5) is 0 Å². The molecule has 0 fully saturated rings. The molecule has 0 radical (unpaired) electrons. The lowest BCUT2D eigenvalue weighted by Gasteiger charge is -2.19. The molecule has 0 aromatic carbocycles. The molecule has 0 aliphatic rings. The van der Waals surface area contributed by atoms with Crippen LogP contribution in [0.15, 0.2) is 0 Å². The van der Waals surface area contributed by atoms with E-state index in [2.05, 4.69) is 5.32 Å². The Morgan fingerprint density at radius 1 is 1.46 bits per heavy atom. The summed E-state index contributed by atoms with van der Waals surface area (Å²) in [7, 11) is 0. The van der Waals surface area contributed by atoms with E-state index in [0.717, 1.165) is 12.3 Å². The van der Waals surface area contributed by atoms with E-state index >= 15 is 0 Å². The number of carbonyl (C=O) groups is 1. The predicted molar refractivity (Wildman–Crippen MR) is 57.1 cm³/mol. The second-order valence-electron chi connectivity index (χ2n) is 3.76. The van der Waals surface area contributed by atoms with Gasteiger partial charge in [0.25, 0.3) is 0 Å². The van der Waals surface area contributed by atoms with Gasteiger partial charge in [-0.15, -0.1) is 0 Å².